The molecule has 0 aromatic heterocycles. The number of fused-ring (bicyclic) bond motifs is 3. The van der Waals surface area contributed by atoms with Crippen LogP contribution in [-0.2, 0) is 46.4 Å². The Kier molecular flexibility index (Phi) is 12.3. The van der Waals surface area contributed by atoms with E-state index in [1.165, 1.54) is 55.1 Å². The van der Waals surface area contributed by atoms with E-state index >= 15 is 0 Å². The van der Waals surface area contributed by atoms with Gasteiger partial charge in [-0.05, 0) is 0 Å². The van der Waals surface area contributed by atoms with Gasteiger partial charge in [0.15, 0.2) is 0 Å². The molecule has 3 aromatic rings. The molecule has 2 aliphatic carbocycles. The summed E-state index contributed by atoms with van der Waals surface area (Å²) < 4.78 is 13.3. The molecule has 286 valence electrons. The number of benzene rings is 3. The quantitative estimate of drug-likeness (QED) is 0.188. The Bertz CT molecular complexity index is 1950. The first kappa shape index (κ1) is 44.9. The number of rotatable bonds is 5. The number of halogens is 2. The Morgan fingerprint density at radius 3 is 1.62 bits per heavy atom. The summed E-state index contributed by atoms with van der Waals surface area (Å²) in [4.78, 5) is 0. The van der Waals surface area contributed by atoms with Crippen LogP contribution in [-0.4, -0.2) is 4.21 Å². The molecule has 0 bridgehead atoms. The Balaban J connectivity index is 0.00000364. The van der Waals surface area contributed by atoms with Crippen LogP contribution in [0, 0.1) is 11.3 Å². The van der Waals surface area contributed by atoms with Crippen molar-refractivity contribution in [2.45, 2.75) is 156 Å². The molecule has 0 aliphatic heterocycles. The SMILES string of the molecule is Cl.Cl.[CH2]=[Zr]([CH3])([C]1=CC(C(C)(C)C)=CC1CCC)([c]1ccccc1)[c]1c2c(cc(C(C)(C)C)c1C(C)(C)C)-c1cc(C(C)(C)C)c(C(C)(C)C)cc1C2. The van der Waals surface area contributed by atoms with E-state index < -0.39 is 18.3 Å². The number of allylic oxidation sites excluding steroid dienone is 4. The second kappa shape index (κ2) is 14.2. The summed E-state index contributed by atoms with van der Waals surface area (Å²) in [6.07, 6.45) is 8.63. The van der Waals surface area contributed by atoms with E-state index in [1.807, 2.05) is 0 Å². The van der Waals surface area contributed by atoms with Crippen molar-refractivity contribution in [3.8, 4) is 11.1 Å². The molecule has 2 aliphatic rings. The van der Waals surface area contributed by atoms with Gasteiger partial charge in [-0.3, -0.25) is 0 Å². The molecule has 3 aromatic carbocycles. The Labute approximate surface area is 333 Å². The predicted molar refractivity (Wildman–Crippen MR) is 237 cm³/mol. The van der Waals surface area contributed by atoms with Gasteiger partial charge < -0.3 is 0 Å². The Hall–Kier alpha value is -1.53. The molecular formula is C49H72Cl2Zr. The molecule has 3 heteroatoms. The van der Waals surface area contributed by atoms with E-state index in [0.717, 1.165) is 6.42 Å². The molecule has 0 nitrogen and oxygen atoms in total. The van der Waals surface area contributed by atoms with Crippen molar-refractivity contribution in [3.63, 3.8) is 0 Å². The van der Waals surface area contributed by atoms with Crippen LogP contribution in [0.15, 0.2) is 69.5 Å². The van der Waals surface area contributed by atoms with E-state index in [2.05, 4.69) is 176 Å². The fourth-order valence-electron chi connectivity index (χ4n) is 9.43. The van der Waals surface area contributed by atoms with Crippen LogP contribution in [0.3, 0.4) is 0 Å². The molecular weight excluding hydrogens is 751 g/mol. The average molecular weight is 823 g/mol. The summed E-state index contributed by atoms with van der Waals surface area (Å²) in [5.74, 6) is 0.410. The van der Waals surface area contributed by atoms with Gasteiger partial charge in [0.25, 0.3) is 0 Å². The predicted octanol–water partition coefficient (Wildman–Crippen LogP) is 13.7. The fourth-order valence-corrected chi connectivity index (χ4v) is 24.2. The third kappa shape index (κ3) is 7.65. The van der Waals surface area contributed by atoms with Gasteiger partial charge >= 0.3 is 311 Å². The minimum atomic E-state index is -4.68. The summed E-state index contributed by atoms with van der Waals surface area (Å²) in [6, 6.07) is 19.5. The summed E-state index contributed by atoms with van der Waals surface area (Å²) >= 11 is -4.68. The summed E-state index contributed by atoms with van der Waals surface area (Å²) in [6.45, 7) is 38.6. The minimum absolute atomic E-state index is 0. The van der Waals surface area contributed by atoms with Gasteiger partial charge in [0, 0.05) is 0 Å². The third-order valence-electron chi connectivity index (χ3n) is 12.1. The van der Waals surface area contributed by atoms with Gasteiger partial charge in [0.05, 0.1) is 0 Å². The maximum atomic E-state index is 5.83. The van der Waals surface area contributed by atoms with Gasteiger partial charge in [-0.15, -0.1) is 24.8 Å². The molecule has 1 atom stereocenters. The molecule has 0 amide bonds. The zero-order chi connectivity index (χ0) is 37.6. The Morgan fingerprint density at radius 1 is 0.654 bits per heavy atom. The average Bonchev–Trinajstić information content (AvgIpc) is 3.57. The molecule has 0 fully saturated rings. The van der Waals surface area contributed by atoms with Gasteiger partial charge in [-0.1, -0.05) is 0 Å². The van der Waals surface area contributed by atoms with Crippen molar-refractivity contribution in [3.05, 3.63) is 103 Å². The Morgan fingerprint density at radius 2 is 1.15 bits per heavy atom. The molecule has 5 rings (SSSR count). The summed E-state index contributed by atoms with van der Waals surface area (Å²) in [5, 5.41) is 0. The molecule has 0 N–H and O–H groups in total. The monoisotopic (exact) mass is 820 g/mol. The molecule has 52 heavy (non-hydrogen) atoms. The van der Waals surface area contributed by atoms with E-state index in [9.17, 15) is 0 Å². The first-order valence-electron chi connectivity index (χ1n) is 19.6. The van der Waals surface area contributed by atoms with Gasteiger partial charge in [-0.25, -0.2) is 0 Å². The summed E-state index contributed by atoms with van der Waals surface area (Å²) in [7, 11) is 0. The van der Waals surface area contributed by atoms with Crippen molar-refractivity contribution < 1.29 is 18.3 Å². The molecule has 0 spiro atoms. The van der Waals surface area contributed by atoms with E-state index in [-0.39, 0.29) is 51.9 Å². The van der Waals surface area contributed by atoms with Crippen LogP contribution >= 0.6 is 24.8 Å². The molecule has 0 heterocycles. The second-order valence-electron chi connectivity index (χ2n) is 21.7. The van der Waals surface area contributed by atoms with Gasteiger partial charge in [0.2, 0.25) is 0 Å². The van der Waals surface area contributed by atoms with Crippen LogP contribution in [0.25, 0.3) is 11.1 Å². The van der Waals surface area contributed by atoms with E-state index in [4.69, 9.17) is 4.21 Å². The summed E-state index contributed by atoms with van der Waals surface area (Å²) in [5.41, 5.74) is 13.6. The zero-order valence-electron chi connectivity index (χ0n) is 36.0. The fraction of sp³-hybridized carbons (Fsp3) is 0.531. The first-order chi connectivity index (χ1) is 22.6. The molecule has 0 saturated heterocycles. The van der Waals surface area contributed by atoms with Gasteiger partial charge in [0.1, 0.15) is 0 Å². The van der Waals surface area contributed by atoms with Crippen LogP contribution in [0.2, 0.25) is 4.63 Å². The van der Waals surface area contributed by atoms with Crippen LogP contribution in [0.1, 0.15) is 157 Å². The second-order valence-corrected chi connectivity index (χ2v) is 35.6. The van der Waals surface area contributed by atoms with Crippen molar-refractivity contribution in [1.29, 1.82) is 0 Å². The molecule has 0 saturated carbocycles. The van der Waals surface area contributed by atoms with Gasteiger partial charge in [-0.2, -0.15) is 0 Å². The zero-order valence-corrected chi connectivity index (χ0v) is 40.1. The van der Waals surface area contributed by atoms with Crippen LogP contribution in [0.5, 0.6) is 0 Å². The van der Waals surface area contributed by atoms with Crippen molar-refractivity contribution in [2.24, 2.45) is 11.3 Å². The van der Waals surface area contributed by atoms with E-state index in [1.54, 1.807) is 17.7 Å². The standard InChI is InChI=1S/C29H41.C12H19.C6H5.CH3.CH2.2ClH.Zr/c1-26(2,3)22-14-18-13-19-15-23(27(4,5)6)25(29(10,11)12)17-21(19)20(18)16-24(22)28(7,8)9;1-5-6-10-7-8-11(9-10)12(2,3)4;1-2-4-6-5-3-1;;;;;/h14,16-17H,13H2,1-12H3;8-10H,5-6H2,1-4H3;1-5H;1H3;1H2;2*1H;. The number of hydrogen-bond acceptors (Lipinski definition) is 0. The first-order valence-corrected chi connectivity index (χ1v) is 27.4. The van der Waals surface area contributed by atoms with Crippen LogP contribution < -0.4 is 6.54 Å². The number of hydrogen-bond donors (Lipinski definition) is 0. The maximum absolute atomic E-state index is 5.83. The third-order valence-corrected chi connectivity index (χ3v) is 26.5. The van der Waals surface area contributed by atoms with Crippen molar-refractivity contribution in [2.75, 3.05) is 0 Å². The molecule has 0 radical (unpaired) electrons. The van der Waals surface area contributed by atoms with Crippen LogP contribution in [0.4, 0.5) is 0 Å². The topological polar surface area (TPSA) is 0 Å². The van der Waals surface area contributed by atoms with Crippen molar-refractivity contribution in [1.82, 2.24) is 0 Å². The normalized spacial score (nSPS) is 16.8. The molecule has 1 unspecified atom stereocenters. The van der Waals surface area contributed by atoms with E-state index in [0.29, 0.717) is 5.92 Å². The van der Waals surface area contributed by atoms with Crippen molar-refractivity contribution >= 4 is 35.6 Å².